The second-order valence-corrected chi connectivity index (χ2v) is 7.20. The third kappa shape index (κ3) is 3.92. The van der Waals surface area contributed by atoms with Crippen molar-refractivity contribution in [2.45, 2.75) is 24.8 Å². The fourth-order valence-electron chi connectivity index (χ4n) is 2.58. The smallest absolute Gasteiger partial charge is 0.612 e. The molecule has 0 saturated carbocycles. The van der Waals surface area contributed by atoms with Gasteiger partial charge in [-0.15, -0.1) is 0 Å². The molecular weight excluding hydrogens is 367 g/mol. The van der Waals surface area contributed by atoms with E-state index in [0.29, 0.717) is 10.6 Å². The molecule has 0 bridgehead atoms. The van der Waals surface area contributed by atoms with Gasteiger partial charge in [0.25, 0.3) is 0 Å². The quantitative estimate of drug-likeness (QED) is 0.320. The maximum Gasteiger partial charge on any atom is 1.00 e. The summed E-state index contributed by atoms with van der Waals surface area (Å²) in [5.74, 6) is -0.982. The number of fused-ring (bicyclic) bond motifs is 2. The number of carboxylic acids is 1. The van der Waals surface area contributed by atoms with Crippen molar-refractivity contribution in [3.8, 4) is 5.75 Å². The summed E-state index contributed by atoms with van der Waals surface area (Å²) < 4.78 is 23.5. The van der Waals surface area contributed by atoms with Crippen LogP contribution in [0.1, 0.15) is 24.2 Å². The first-order valence-corrected chi connectivity index (χ1v) is 9.09. The number of carbonyl (C=O) groups is 1. The zero-order valence-electron chi connectivity index (χ0n) is 14.8. The minimum Gasteiger partial charge on any atom is -0.612 e. The number of carbonyl (C=O) groups excluding carboxylic acids is 1. The van der Waals surface area contributed by atoms with Crippen LogP contribution in [0.2, 0.25) is 0 Å². The second kappa shape index (κ2) is 8.02. The van der Waals surface area contributed by atoms with Gasteiger partial charge < -0.3 is 23.6 Å². The van der Waals surface area contributed by atoms with Gasteiger partial charge in [-0.05, 0) is 54.9 Å². The number of hydrogen-bond acceptors (Lipinski definition) is 6. The Kier molecular flexibility index (Phi) is 6.42. The third-order valence-corrected chi connectivity index (χ3v) is 4.55. The Morgan fingerprint density at radius 1 is 1.19 bits per heavy atom. The van der Waals surface area contributed by atoms with Crippen molar-refractivity contribution in [3.05, 3.63) is 46.1 Å². The minimum atomic E-state index is -1.41. The van der Waals surface area contributed by atoms with Gasteiger partial charge in [0, 0.05) is 6.07 Å². The number of hydrogen-bond donors (Lipinski definition) is 0. The van der Waals surface area contributed by atoms with Crippen LogP contribution in [0.5, 0.6) is 5.75 Å². The first-order chi connectivity index (χ1) is 11.8. The summed E-state index contributed by atoms with van der Waals surface area (Å²) in [6.45, 7) is 3.67. The molecule has 0 spiro atoms. The van der Waals surface area contributed by atoms with Crippen molar-refractivity contribution in [3.63, 3.8) is 0 Å². The number of carboxylic acid groups (broad SMARTS) is 1. The summed E-state index contributed by atoms with van der Waals surface area (Å²) in [6.07, 6.45) is 1.35. The summed E-state index contributed by atoms with van der Waals surface area (Å²) in [4.78, 5) is 24.2. The molecule has 1 aromatic heterocycles. The summed E-state index contributed by atoms with van der Waals surface area (Å²) in [6, 6.07) is 7.01. The zero-order chi connectivity index (χ0) is 18.3. The number of aromatic carboxylic acids is 1. The Labute approximate surface area is 174 Å². The molecule has 0 radical (unpaired) electrons. The fraction of sp³-hybridized carbons (Fsp3) is 0.222. The van der Waals surface area contributed by atoms with Crippen LogP contribution in [-0.2, 0) is 11.2 Å². The Morgan fingerprint density at radius 2 is 1.88 bits per heavy atom. The van der Waals surface area contributed by atoms with E-state index in [1.54, 1.807) is 6.07 Å². The van der Waals surface area contributed by atoms with Crippen molar-refractivity contribution in [2.75, 3.05) is 6.26 Å². The predicted molar refractivity (Wildman–Crippen MR) is 92.4 cm³/mol. The fourth-order valence-corrected chi connectivity index (χ4v) is 3.28. The van der Waals surface area contributed by atoms with E-state index in [0.717, 1.165) is 0 Å². The second-order valence-electron chi connectivity index (χ2n) is 5.85. The number of ether oxygens (including phenoxy) is 1. The van der Waals surface area contributed by atoms with E-state index in [1.807, 2.05) is 13.8 Å². The van der Waals surface area contributed by atoms with E-state index in [-0.39, 0.29) is 63.2 Å². The average molecular weight is 382 g/mol. The van der Waals surface area contributed by atoms with Crippen LogP contribution >= 0.6 is 0 Å². The van der Waals surface area contributed by atoms with Gasteiger partial charge in [0.15, 0.2) is 10.5 Å². The minimum absolute atomic E-state index is 0. The molecule has 1 unspecified atom stereocenters. The van der Waals surface area contributed by atoms with Gasteiger partial charge in [-0.3, -0.25) is 4.79 Å². The van der Waals surface area contributed by atoms with Gasteiger partial charge >= 0.3 is 29.6 Å². The van der Waals surface area contributed by atoms with Crippen LogP contribution in [-0.4, -0.2) is 22.9 Å². The van der Waals surface area contributed by atoms with Gasteiger partial charge in [-0.25, -0.2) is 0 Å². The molecule has 0 saturated heterocycles. The Bertz CT molecular complexity index is 1040. The monoisotopic (exact) mass is 382 g/mol. The summed E-state index contributed by atoms with van der Waals surface area (Å²) >= 11 is -1.41. The molecule has 2 aromatic carbocycles. The molecule has 3 aromatic rings. The number of rotatable bonds is 4. The van der Waals surface area contributed by atoms with E-state index in [4.69, 9.17) is 9.15 Å². The number of benzene rings is 2. The first kappa shape index (κ1) is 20.8. The van der Waals surface area contributed by atoms with Crippen LogP contribution in [0, 0.1) is 0 Å². The van der Waals surface area contributed by atoms with Crippen LogP contribution in [0.25, 0.3) is 21.9 Å². The molecule has 0 fully saturated rings. The molecular formula is C18H15NaO6S. The van der Waals surface area contributed by atoms with Crippen molar-refractivity contribution >= 4 is 39.1 Å². The molecule has 3 rings (SSSR count). The average Bonchev–Trinajstić information content (AvgIpc) is 2.54. The van der Waals surface area contributed by atoms with Crippen LogP contribution < -0.4 is 44.8 Å². The molecule has 0 aliphatic carbocycles. The molecule has 0 aliphatic heterocycles. The molecule has 8 heteroatoms. The molecule has 26 heavy (non-hydrogen) atoms. The molecule has 1 atom stereocenters. The zero-order valence-corrected chi connectivity index (χ0v) is 17.6. The van der Waals surface area contributed by atoms with E-state index in [2.05, 4.69) is 0 Å². The Hall–Kier alpha value is -1.51. The maximum atomic E-state index is 12.8. The SMILES string of the molecule is CC(C)Oc1cc([S+](C)[O-])c2oc3ccc(C(=O)[O-])cc3c(=O)c2c1.[Na+]. The normalized spacial score (nSPS) is 12.2. The van der Waals surface area contributed by atoms with Crippen LogP contribution in [0.15, 0.2) is 44.4 Å². The van der Waals surface area contributed by atoms with Gasteiger partial charge in [-0.2, -0.15) is 0 Å². The molecule has 1 heterocycles. The molecule has 130 valence electrons. The maximum absolute atomic E-state index is 12.8. The van der Waals surface area contributed by atoms with E-state index < -0.39 is 22.6 Å². The van der Waals surface area contributed by atoms with E-state index >= 15 is 0 Å². The van der Waals surface area contributed by atoms with Gasteiger partial charge in [0.1, 0.15) is 17.6 Å². The Morgan fingerprint density at radius 3 is 2.46 bits per heavy atom. The Balaban J connectivity index is 0.00000243. The van der Waals surface area contributed by atoms with Crippen molar-refractivity contribution in [1.29, 1.82) is 0 Å². The van der Waals surface area contributed by atoms with Gasteiger partial charge in [-0.1, -0.05) is 0 Å². The first-order valence-electron chi connectivity index (χ1n) is 7.54. The van der Waals surface area contributed by atoms with Crippen molar-refractivity contribution in [1.82, 2.24) is 0 Å². The summed E-state index contributed by atoms with van der Waals surface area (Å²) in [5.41, 5.74) is -0.115. The molecule has 0 amide bonds. The van der Waals surface area contributed by atoms with Crippen LogP contribution in [0.4, 0.5) is 0 Å². The third-order valence-electron chi connectivity index (χ3n) is 3.63. The molecule has 0 aliphatic rings. The van der Waals surface area contributed by atoms with Gasteiger partial charge in [0.2, 0.25) is 5.43 Å². The topological polar surface area (TPSA) is 103 Å². The van der Waals surface area contributed by atoms with Gasteiger partial charge in [0.05, 0.1) is 22.8 Å². The standard InChI is InChI=1S/C18H16O6S.Na/c1-9(2)23-11-7-13-16(19)12-6-10(18(20)21)4-5-14(12)24-17(13)15(8-11)25(3)22;/h4-9H,1-3H3,(H,20,21);/q;+1/p-1. The van der Waals surface area contributed by atoms with Crippen molar-refractivity contribution < 1.29 is 53.2 Å². The summed E-state index contributed by atoms with van der Waals surface area (Å²) in [5, 5.41) is 11.3. The van der Waals surface area contributed by atoms with E-state index in [1.165, 1.54) is 30.5 Å². The van der Waals surface area contributed by atoms with Crippen molar-refractivity contribution in [2.24, 2.45) is 0 Å². The molecule has 6 nitrogen and oxygen atoms in total. The molecule has 0 N–H and O–H groups in total. The van der Waals surface area contributed by atoms with Crippen LogP contribution in [0.3, 0.4) is 0 Å². The summed E-state index contributed by atoms with van der Waals surface area (Å²) in [7, 11) is 0. The largest absolute Gasteiger partial charge is 1.00 e. The van der Waals surface area contributed by atoms with E-state index in [9.17, 15) is 19.2 Å². The predicted octanol–water partition coefficient (Wildman–Crippen LogP) is -1.16.